The Morgan fingerprint density at radius 3 is 2.69 bits per heavy atom. The van der Waals surface area contributed by atoms with Crippen molar-refractivity contribution in [1.29, 1.82) is 0 Å². The van der Waals surface area contributed by atoms with E-state index in [9.17, 15) is 10.4 Å². The minimum absolute atomic E-state index is 0.465. The molecule has 2 aromatic carbocycles. The third-order valence-corrected chi connectivity index (χ3v) is 6.76. The lowest BCUT2D eigenvalue weighted by Gasteiger charge is -2.12. The van der Waals surface area contributed by atoms with E-state index in [0.717, 1.165) is 61.6 Å². The van der Waals surface area contributed by atoms with Crippen molar-refractivity contribution in [2.75, 3.05) is 12.4 Å². The molecule has 0 unspecified atom stereocenters. The van der Waals surface area contributed by atoms with Crippen molar-refractivity contribution in [2.24, 2.45) is 10.3 Å². The number of rotatable bonds is 5. The van der Waals surface area contributed by atoms with Crippen LogP contribution in [0, 0.1) is 0 Å². The van der Waals surface area contributed by atoms with Crippen LogP contribution in [0.15, 0.2) is 71.2 Å². The van der Waals surface area contributed by atoms with E-state index in [0.29, 0.717) is 11.4 Å². The van der Waals surface area contributed by atoms with Crippen LogP contribution in [-0.4, -0.2) is 33.9 Å². The van der Waals surface area contributed by atoms with E-state index in [-0.39, 0.29) is 0 Å². The number of thiophene rings is 1. The summed E-state index contributed by atoms with van der Waals surface area (Å²) in [6.07, 6.45) is 5.12. The number of hydrogen-bond acceptors (Lipinski definition) is 8. The number of ether oxygens (including phenoxy) is 1. The molecular weight excluding hydrogens is 424 g/mol. The first-order valence-electron chi connectivity index (χ1n) is 10.1. The highest BCUT2D eigenvalue weighted by Crippen LogP contribution is 2.39. The summed E-state index contributed by atoms with van der Waals surface area (Å²) in [4.78, 5) is 5.05. The smallest absolute Gasteiger partial charge is 0.129 e. The number of anilines is 2. The number of methoxy groups -OCH3 is 1. The lowest BCUT2D eigenvalue weighted by molar-refractivity contribution is 0.318. The Balaban J connectivity index is 1.59. The average molecular weight is 445 g/mol. The summed E-state index contributed by atoms with van der Waals surface area (Å²) in [5.74, 6) is 0.730. The average Bonchev–Trinajstić information content (AvgIpc) is 3.41. The Kier molecular flexibility index (Phi) is 5.20. The molecule has 8 heteroatoms. The van der Waals surface area contributed by atoms with Crippen LogP contribution >= 0.6 is 11.3 Å². The molecule has 160 valence electrons. The number of hydrogen-bond donors (Lipinski definition) is 3. The van der Waals surface area contributed by atoms with Crippen LogP contribution < -0.4 is 10.1 Å². The van der Waals surface area contributed by atoms with E-state index in [1.165, 1.54) is 11.3 Å². The van der Waals surface area contributed by atoms with Crippen LogP contribution in [0.25, 0.3) is 10.1 Å². The summed E-state index contributed by atoms with van der Waals surface area (Å²) >= 11 is 1.51. The number of nitrogens with one attached hydrogen (secondary N) is 1. The number of benzene rings is 2. The molecule has 0 bridgehead atoms. The van der Waals surface area contributed by atoms with Crippen molar-refractivity contribution in [3.63, 3.8) is 0 Å². The van der Waals surface area contributed by atoms with Gasteiger partial charge in [0.1, 0.15) is 11.5 Å². The molecule has 4 aromatic rings. The molecule has 0 saturated heterocycles. The van der Waals surface area contributed by atoms with Crippen LogP contribution in [0.3, 0.4) is 0 Å². The molecule has 0 amide bonds. The van der Waals surface area contributed by atoms with E-state index in [1.807, 2.05) is 48.7 Å². The molecule has 1 aliphatic rings. The maximum absolute atomic E-state index is 9.94. The Bertz CT molecular complexity index is 1360. The normalized spacial score (nSPS) is 14.7. The molecule has 3 N–H and O–H groups in total. The number of aryl methyl sites for hydroxylation is 1. The Morgan fingerprint density at radius 2 is 1.94 bits per heavy atom. The monoisotopic (exact) mass is 444 g/mol. The first kappa shape index (κ1) is 20.0. The molecule has 1 aliphatic carbocycles. The molecule has 5 rings (SSSR count). The van der Waals surface area contributed by atoms with Gasteiger partial charge in [0, 0.05) is 34.6 Å². The van der Waals surface area contributed by atoms with Gasteiger partial charge >= 0.3 is 0 Å². The maximum atomic E-state index is 9.94. The summed E-state index contributed by atoms with van der Waals surface area (Å²) in [7, 11) is 1.61. The van der Waals surface area contributed by atoms with Gasteiger partial charge in [0.25, 0.3) is 0 Å². The fourth-order valence-electron chi connectivity index (χ4n) is 4.02. The number of pyridine rings is 1. The van der Waals surface area contributed by atoms with Crippen molar-refractivity contribution < 1.29 is 15.2 Å². The summed E-state index contributed by atoms with van der Waals surface area (Å²) in [6.45, 7) is 0. The van der Waals surface area contributed by atoms with Crippen molar-refractivity contribution in [1.82, 2.24) is 4.98 Å². The van der Waals surface area contributed by atoms with Gasteiger partial charge in [-0.05, 0) is 60.9 Å². The Morgan fingerprint density at radius 1 is 1.09 bits per heavy atom. The third kappa shape index (κ3) is 3.44. The quantitative estimate of drug-likeness (QED) is 0.217. The summed E-state index contributed by atoms with van der Waals surface area (Å²) in [5.41, 5.74) is 5.83. The van der Waals surface area contributed by atoms with E-state index >= 15 is 0 Å². The fraction of sp³-hybridized carbons (Fsp3) is 0.125. The molecule has 32 heavy (non-hydrogen) atoms. The van der Waals surface area contributed by atoms with Crippen molar-refractivity contribution in [3.8, 4) is 5.75 Å². The van der Waals surface area contributed by atoms with Crippen LogP contribution in [-0.2, 0) is 6.42 Å². The second-order valence-corrected chi connectivity index (χ2v) is 8.45. The molecule has 0 spiro atoms. The molecule has 7 nitrogen and oxygen atoms in total. The van der Waals surface area contributed by atoms with Gasteiger partial charge in [-0.25, -0.2) is 0 Å². The Hall–Kier alpha value is -3.91. The third-order valence-electron chi connectivity index (χ3n) is 5.61. The predicted molar refractivity (Wildman–Crippen MR) is 126 cm³/mol. The Labute approximate surface area is 188 Å². The van der Waals surface area contributed by atoms with Crippen molar-refractivity contribution in [3.05, 3.63) is 82.5 Å². The van der Waals surface area contributed by atoms with Crippen LogP contribution in [0.2, 0.25) is 0 Å². The molecule has 0 aliphatic heterocycles. The number of oxime groups is 2. The van der Waals surface area contributed by atoms with Gasteiger partial charge in [0.05, 0.1) is 28.1 Å². The summed E-state index contributed by atoms with van der Waals surface area (Å²) in [6, 6.07) is 15.4. The van der Waals surface area contributed by atoms with Crippen molar-refractivity contribution in [2.45, 2.75) is 12.8 Å². The molecule has 2 aromatic heterocycles. The first-order chi connectivity index (χ1) is 15.7. The van der Waals surface area contributed by atoms with Crippen LogP contribution in [0.5, 0.6) is 5.75 Å². The molecule has 0 fully saturated rings. The van der Waals surface area contributed by atoms with Gasteiger partial charge in [-0.15, -0.1) is 11.3 Å². The zero-order chi connectivity index (χ0) is 22.1. The molecule has 0 saturated carbocycles. The molecule has 0 atom stereocenters. The fourth-order valence-corrected chi connectivity index (χ4v) is 5.15. The highest BCUT2D eigenvalue weighted by molar-refractivity contribution is 7.21. The SMILES string of the molecule is COc1ccc(/C(=N\O)c2sc3cnccc3c2Nc2ccc3c(c2)CCC3=NO)cc1. The zero-order valence-corrected chi connectivity index (χ0v) is 18.1. The largest absolute Gasteiger partial charge is 0.497 e. The van der Waals surface area contributed by atoms with E-state index in [4.69, 9.17) is 4.74 Å². The van der Waals surface area contributed by atoms with Gasteiger partial charge in [-0.1, -0.05) is 16.4 Å². The van der Waals surface area contributed by atoms with Gasteiger partial charge < -0.3 is 20.5 Å². The second kappa shape index (κ2) is 8.32. The minimum Gasteiger partial charge on any atom is -0.497 e. The topological polar surface area (TPSA) is 99.3 Å². The summed E-state index contributed by atoms with van der Waals surface area (Å²) in [5, 5.41) is 30.7. The van der Waals surface area contributed by atoms with Gasteiger partial charge in [0.2, 0.25) is 0 Å². The van der Waals surface area contributed by atoms with E-state index in [2.05, 4.69) is 26.7 Å². The second-order valence-electron chi connectivity index (χ2n) is 7.40. The number of nitrogens with zero attached hydrogens (tertiary/aromatic N) is 3. The van der Waals surface area contributed by atoms with Crippen LogP contribution in [0.4, 0.5) is 11.4 Å². The summed E-state index contributed by atoms with van der Waals surface area (Å²) < 4.78 is 6.23. The lowest BCUT2D eigenvalue weighted by atomic mass is 10.1. The highest BCUT2D eigenvalue weighted by atomic mass is 32.1. The highest BCUT2D eigenvalue weighted by Gasteiger charge is 2.22. The van der Waals surface area contributed by atoms with E-state index in [1.54, 1.807) is 13.3 Å². The lowest BCUT2D eigenvalue weighted by Crippen LogP contribution is -2.05. The van der Waals surface area contributed by atoms with Gasteiger partial charge in [-0.2, -0.15) is 0 Å². The van der Waals surface area contributed by atoms with Crippen LogP contribution in [0.1, 0.15) is 28.0 Å². The number of aromatic nitrogens is 1. The zero-order valence-electron chi connectivity index (χ0n) is 17.2. The number of fused-ring (bicyclic) bond motifs is 2. The first-order valence-corrected chi connectivity index (χ1v) is 10.9. The van der Waals surface area contributed by atoms with Crippen molar-refractivity contribution >= 4 is 44.2 Å². The van der Waals surface area contributed by atoms with Gasteiger partial charge in [-0.3, -0.25) is 4.98 Å². The standard InChI is InChI=1S/C24H20N4O3S/c1-31-17-6-2-14(3-7-17)22(28-30)24-23(19-10-11-25-13-21(19)32-24)26-16-5-8-18-15(12-16)4-9-20(18)27-29/h2-3,5-8,10-13,26,29-30H,4,9H2,1H3/b27-20?,28-22+. The molecule has 2 heterocycles. The molecular formula is C24H20N4O3S. The minimum atomic E-state index is 0.465. The predicted octanol–water partition coefficient (Wildman–Crippen LogP) is 5.40. The molecule has 0 radical (unpaired) electrons. The van der Waals surface area contributed by atoms with E-state index < -0.39 is 0 Å². The van der Waals surface area contributed by atoms with Gasteiger partial charge in [0.15, 0.2) is 0 Å². The maximum Gasteiger partial charge on any atom is 0.129 e.